The molecule has 3 aromatic rings. The summed E-state index contributed by atoms with van der Waals surface area (Å²) in [6.45, 7) is -2.15. The number of halogens is 2. The van der Waals surface area contributed by atoms with Crippen LogP contribution in [0.4, 0.5) is 5.69 Å². The van der Waals surface area contributed by atoms with Gasteiger partial charge in [0.1, 0.15) is 17.1 Å². The van der Waals surface area contributed by atoms with Gasteiger partial charge in [-0.25, -0.2) is 0 Å². The zero-order valence-electron chi connectivity index (χ0n) is 21.4. The van der Waals surface area contributed by atoms with Crippen molar-refractivity contribution in [1.29, 1.82) is 0 Å². The third kappa shape index (κ3) is 4.31. The largest absolute Gasteiger partial charge is 0.409 e. The number of piperidine rings is 1. The number of oxime groups is 1. The first-order valence-corrected chi connectivity index (χ1v) is 12.9. The number of ether oxygens (including phenoxy) is 1. The molecule has 2 aliphatic heterocycles. The number of anilines is 1. The average Bonchev–Trinajstić information content (AvgIpc) is 3.58. The summed E-state index contributed by atoms with van der Waals surface area (Å²) in [4.78, 5) is 6.67. The predicted octanol–water partition coefficient (Wildman–Crippen LogP) is 5.73. The minimum Gasteiger partial charge on any atom is -0.409 e. The first-order chi connectivity index (χ1) is 18.3. The molecular formula is C26H27Cl2N5O3. The van der Waals surface area contributed by atoms with E-state index >= 15 is 0 Å². The molecule has 3 N–H and O–H groups in total. The van der Waals surface area contributed by atoms with Crippen LogP contribution in [0.5, 0.6) is 0 Å². The van der Waals surface area contributed by atoms with Crippen LogP contribution in [0.3, 0.4) is 0 Å². The van der Waals surface area contributed by atoms with Crippen molar-refractivity contribution >= 4 is 34.7 Å². The Labute approximate surface area is 221 Å². The summed E-state index contributed by atoms with van der Waals surface area (Å²) in [5, 5.41) is 16.9. The van der Waals surface area contributed by atoms with Gasteiger partial charge in [0.25, 0.3) is 0 Å². The number of nitrogens with zero attached hydrogens (tertiary/aromatic N) is 4. The fourth-order valence-electron chi connectivity index (χ4n) is 5.45. The van der Waals surface area contributed by atoms with Gasteiger partial charge in [0.05, 0.1) is 37.3 Å². The second-order valence-electron chi connectivity index (χ2n) is 9.63. The molecule has 2 aromatic heterocycles. The smallest absolute Gasteiger partial charge is 0.188 e. The van der Waals surface area contributed by atoms with Crippen molar-refractivity contribution in [2.45, 2.75) is 69.2 Å². The lowest BCUT2D eigenvalue weighted by Gasteiger charge is -2.40. The Balaban J connectivity index is 1.25. The van der Waals surface area contributed by atoms with E-state index in [4.69, 9.17) is 46.1 Å². The van der Waals surface area contributed by atoms with Gasteiger partial charge in [-0.05, 0) is 62.8 Å². The number of pyridine rings is 1. The normalized spacial score (nSPS) is 25.1. The first kappa shape index (κ1) is 21.3. The standard InChI is InChI=1S/C26H27Cl2N5O3/c27-20-2-1-3-21(28)23(20)24-19(25(36-32-24)14-4-5-14)13-35-18-10-15-6-7-16(11-18)33(15)17-8-9-22(30-12-17)26(29)31-34/h1-3,8-9,12,14-16,18,34H,4-7,10-11,13H2,(H2,29,31)/t15-,16+,18?/i13D2. The van der Waals surface area contributed by atoms with Crippen molar-refractivity contribution in [1.82, 2.24) is 10.1 Å². The molecule has 3 atom stereocenters. The minimum absolute atomic E-state index is 0.0365. The SMILES string of the molecule is [2H]C([2H])(OC1C[C@H]2CC[C@@H](C1)N2c1ccc(/C(N)=N/O)nc1)c1c(-c2c(Cl)cccc2Cl)noc1C1CC1. The molecule has 0 amide bonds. The summed E-state index contributed by atoms with van der Waals surface area (Å²) in [6, 6.07) is 9.18. The van der Waals surface area contributed by atoms with Crippen molar-refractivity contribution in [3.05, 3.63) is 63.6 Å². The fraction of sp³-hybridized carbons (Fsp3) is 0.423. The maximum Gasteiger partial charge on any atom is 0.188 e. The van der Waals surface area contributed by atoms with Crippen LogP contribution in [0.1, 0.15) is 64.2 Å². The molecule has 1 saturated carbocycles. The van der Waals surface area contributed by atoms with E-state index < -0.39 is 6.56 Å². The Morgan fingerprint density at radius 3 is 2.50 bits per heavy atom. The summed E-state index contributed by atoms with van der Waals surface area (Å²) >= 11 is 12.9. The second-order valence-corrected chi connectivity index (χ2v) is 10.4. The zero-order valence-corrected chi connectivity index (χ0v) is 20.9. The Hall–Kier alpha value is -2.81. The summed E-state index contributed by atoms with van der Waals surface area (Å²) in [6.07, 6.45) is 6.58. The third-order valence-corrected chi connectivity index (χ3v) is 7.93. The topological polar surface area (TPSA) is 110 Å². The highest BCUT2D eigenvalue weighted by Gasteiger charge is 2.42. The Kier molecular flexibility index (Phi) is 5.66. The highest BCUT2D eigenvalue weighted by molar-refractivity contribution is 6.39. The van der Waals surface area contributed by atoms with Crippen molar-refractivity contribution in [3.8, 4) is 11.3 Å². The number of aromatic nitrogens is 2. The van der Waals surface area contributed by atoms with Gasteiger partial charge in [-0.1, -0.05) is 39.6 Å². The van der Waals surface area contributed by atoms with Gasteiger partial charge in [-0.15, -0.1) is 0 Å². The fourth-order valence-corrected chi connectivity index (χ4v) is 6.03. The van der Waals surface area contributed by atoms with Crippen LogP contribution >= 0.6 is 23.2 Å². The number of nitrogens with two attached hydrogens (primary N) is 1. The number of benzene rings is 1. The molecule has 36 heavy (non-hydrogen) atoms. The highest BCUT2D eigenvalue weighted by Crippen LogP contribution is 2.47. The predicted molar refractivity (Wildman–Crippen MR) is 138 cm³/mol. The molecule has 8 nitrogen and oxygen atoms in total. The number of rotatable bonds is 7. The summed E-state index contributed by atoms with van der Waals surface area (Å²) in [7, 11) is 0. The van der Waals surface area contributed by atoms with Gasteiger partial charge in [-0.3, -0.25) is 4.98 Å². The van der Waals surface area contributed by atoms with Crippen LogP contribution in [0, 0.1) is 0 Å². The molecule has 0 radical (unpaired) electrons. The van der Waals surface area contributed by atoms with Crippen LogP contribution in [0.2, 0.25) is 10.0 Å². The van der Waals surface area contributed by atoms with Gasteiger partial charge < -0.3 is 25.1 Å². The van der Waals surface area contributed by atoms with E-state index in [2.05, 4.69) is 20.2 Å². The molecule has 3 aliphatic rings. The third-order valence-electron chi connectivity index (χ3n) is 7.30. The molecule has 188 valence electrons. The van der Waals surface area contributed by atoms with Crippen LogP contribution in [-0.2, 0) is 11.3 Å². The van der Waals surface area contributed by atoms with E-state index in [0.29, 0.717) is 45.6 Å². The van der Waals surface area contributed by atoms with Crippen LogP contribution in [0.25, 0.3) is 11.3 Å². The summed E-state index contributed by atoms with van der Waals surface area (Å²) in [5.74, 6) is 0.591. The number of fused-ring (bicyclic) bond motifs is 2. The molecular weight excluding hydrogens is 501 g/mol. The first-order valence-electron chi connectivity index (χ1n) is 13.1. The summed E-state index contributed by atoms with van der Waals surface area (Å²) in [5.41, 5.74) is 8.05. The maximum atomic E-state index is 9.05. The molecule has 1 aromatic carbocycles. The van der Waals surface area contributed by atoms with Crippen molar-refractivity contribution in [2.75, 3.05) is 4.90 Å². The Morgan fingerprint density at radius 2 is 1.89 bits per heavy atom. The summed E-state index contributed by atoms with van der Waals surface area (Å²) < 4.78 is 30.1. The van der Waals surface area contributed by atoms with E-state index in [1.54, 1.807) is 30.5 Å². The van der Waals surface area contributed by atoms with Crippen LogP contribution in [0.15, 0.2) is 46.2 Å². The Bertz CT molecular complexity index is 1350. The van der Waals surface area contributed by atoms with Gasteiger partial charge >= 0.3 is 0 Å². The van der Waals surface area contributed by atoms with Gasteiger partial charge in [0.15, 0.2) is 5.84 Å². The molecule has 2 bridgehead atoms. The minimum atomic E-state index is -2.15. The second kappa shape index (κ2) is 9.57. The van der Waals surface area contributed by atoms with Crippen molar-refractivity contribution < 1.29 is 17.2 Å². The quantitative estimate of drug-likeness (QED) is 0.174. The Morgan fingerprint density at radius 1 is 1.17 bits per heavy atom. The molecule has 6 rings (SSSR count). The molecule has 3 fully saturated rings. The van der Waals surface area contributed by atoms with Gasteiger partial charge in [-0.2, -0.15) is 0 Å². The van der Waals surface area contributed by atoms with Crippen molar-refractivity contribution in [2.24, 2.45) is 10.9 Å². The van der Waals surface area contributed by atoms with Gasteiger partial charge in [0.2, 0.25) is 0 Å². The van der Waals surface area contributed by atoms with Crippen LogP contribution in [-0.4, -0.2) is 39.4 Å². The van der Waals surface area contributed by atoms with Gasteiger partial charge in [0, 0.05) is 29.1 Å². The number of hydrogen-bond acceptors (Lipinski definition) is 7. The maximum absolute atomic E-state index is 9.05. The van der Waals surface area contributed by atoms with E-state index in [-0.39, 0.29) is 35.5 Å². The molecule has 10 heteroatoms. The van der Waals surface area contributed by atoms with E-state index in [9.17, 15) is 0 Å². The monoisotopic (exact) mass is 529 g/mol. The van der Waals surface area contributed by atoms with E-state index in [1.165, 1.54) is 0 Å². The molecule has 4 heterocycles. The highest BCUT2D eigenvalue weighted by atomic mass is 35.5. The number of amidine groups is 1. The molecule has 1 aliphatic carbocycles. The van der Waals surface area contributed by atoms with E-state index in [0.717, 1.165) is 31.4 Å². The number of hydrogen-bond donors (Lipinski definition) is 2. The van der Waals surface area contributed by atoms with Crippen LogP contribution < -0.4 is 10.6 Å². The average molecular weight is 530 g/mol. The lowest BCUT2D eigenvalue weighted by molar-refractivity contribution is 0.0147. The van der Waals surface area contributed by atoms with Crippen molar-refractivity contribution in [3.63, 3.8) is 0 Å². The molecule has 2 saturated heterocycles. The molecule has 0 spiro atoms. The zero-order chi connectivity index (χ0) is 26.6. The lowest BCUT2D eigenvalue weighted by Crippen LogP contribution is -2.45. The van der Waals surface area contributed by atoms with E-state index in [1.807, 2.05) is 6.07 Å². The lowest BCUT2D eigenvalue weighted by atomic mass is 9.98. The molecule has 1 unspecified atom stereocenters.